The van der Waals surface area contributed by atoms with Gasteiger partial charge in [-0.05, 0) is 44.0 Å². The van der Waals surface area contributed by atoms with Gasteiger partial charge < -0.3 is 15.7 Å². The van der Waals surface area contributed by atoms with E-state index in [-0.39, 0.29) is 23.5 Å². The van der Waals surface area contributed by atoms with Crippen molar-refractivity contribution >= 4 is 23.3 Å². The van der Waals surface area contributed by atoms with Crippen LogP contribution >= 0.6 is 11.6 Å². The number of benzene rings is 1. The first-order chi connectivity index (χ1) is 9.54. The van der Waals surface area contributed by atoms with Crippen LogP contribution in [0.4, 0.5) is 10.1 Å². The number of anilines is 1. The van der Waals surface area contributed by atoms with Crippen molar-refractivity contribution in [1.29, 1.82) is 0 Å². The first-order valence-corrected chi connectivity index (χ1v) is 7.09. The molecule has 2 unspecified atom stereocenters. The van der Waals surface area contributed by atoms with E-state index < -0.39 is 11.8 Å². The molecular formula is C14H18ClFN2O2. The standard InChI is InChI=1S/C14H18ClFN2O2/c15-12-8-10(1-3-13(12)16)18-11-5-6-17-9(7-11)2-4-14(19)20/h1,3,8-9,11,17-18H,2,4-7H2,(H,19,20). The Balaban J connectivity index is 1.88. The average molecular weight is 301 g/mol. The van der Waals surface area contributed by atoms with Gasteiger partial charge in [0.1, 0.15) is 5.82 Å². The highest BCUT2D eigenvalue weighted by Gasteiger charge is 2.22. The number of piperidine rings is 1. The van der Waals surface area contributed by atoms with E-state index in [9.17, 15) is 9.18 Å². The van der Waals surface area contributed by atoms with Gasteiger partial charge in [0.2, 0.25) is 0 Å². The molecule has 1 aliphatic heterocycles. The molecule has 1 fully saturated rings. The molecule has 4 nitrogen and oxygen atoms in total. The van der Waals surface area contributed by atoms with Crippen molar-refractivity contribution in [3.8, 4) is 0 Å². The van der Waals surface area contributed by atoms with Gasteiger partial charge in [0.05, 0.1) is 5.02 Å². The van der Waals surface area contributed by atoms with Gasteiger partial charge in [-0.3, -0.25) is 4.79 Å². The van der Waals surface area contributed by atoms with Gasteiger partial charge in [-0.2, -0.15) is 0 Å². The fraction of sp³-hybridized carbons (Fsp3) is 0.500. The molecule has 3 N–H and O–H groups in total. The molecule has 1 heterocycles. The summed E-state index contributed by atoms with van der Waals surface area (Å²) < 4.78 is 13.1. The highest BCUT2D eigenvalue weighted by atomic mass is 35.5. The normalized spacial score (nSPS) is 22.5. The minimum absolute atomic E-state index is 0.103. The van der Waals surface area contributed by atoms with Gasteiger partial charge in [-0.25, -0.2) is 4.39 Å². The fourth-order valence-electron chi connectivity index (χ4n) is 2.48. The lowest BCUT2D eigenvalue weighted by Gasteiger charge is -2.31. The van der Waals surface area contributed by atoms with Crippen molar-refractivity contribution < 1.29 is 14.3 Å². The Morgan fingerprint density at radius 1 is 1.55 bits per heavy atom. The van der Waals surface area contributed by atoms with Crippen molar-refractivity contribution in [3.63, 3.8) is 0 Å². The van der Waals surface area contributed by atoms with Crippen LogP contribution in [-0.4, -0.2) is 29.7 Å². The van der Waals surface area contributed by atoms with Crippen LogP contribution in [0.5, 0.6) is 0 Å². The molecule has 0 aliphatic carbocycles. The van der Waals surface area contributed by atoms with Gasteiger partial charge in [0.25, 0.3) is 0 Å². The number of halogens is 2. The van der Waals surface area contributed by atoms with E-state index in [4.69, 9.17) is 16.7 Å². The lowest BCUT2D eigenvalue weighted by Crippen LogP contribution is -2.43. The van der Waals surface area contributed by atoms with Crippen molar-refractivity contribution in [2.75, 3.05) is 11.9 Å². The van der Waals surface area contributed by atoms with Gasteiger partial charge >= 0.3 is 5.97 Å². The zero-order valence-electron chi connectivity index (χ0n) is 11.0. The smallest absolute Gasteiger partial charge is 0.303 e. The van der Waals surface area contributed by atoms with Gasteiger partial charge in [-0.15, -0.1) is 0 Å². The summed E-state index contributed by atoms with van der Waals surface area (Å²) in [5.41, 5.74) is 0.792. The summed E-state index contributed by atoms with van der Waals surface area (Å²) >= 11 is 5.75. The van der Waals surface area contributed by atoms with Crippen molar-refractivity contribution in [3.05, 3.63) is 29.0 Å². The number of nitrogens with one attached hydrogen (secondary N) is 2. The van der Waals surface area contributed by atoms with E-state index in [1.54, 1.807) is 12.1 Å². The molecule has 6 heteroatoms. The van der Waals surface area contributed by atoms with Crippen LogP contribution in [0.25, 0.3) is 0 Å². The van der Waals surface area contributed by atoms with E-state index >= 15 is 0 Å². The van der Waals surface area contributed by atoms with Crippen LogP contribution in [-0.2, 0) is 4.79 Å². The van der Waals surface area contributed by atoms with Crippen LogP contribution in [0.1, 0.15) is 25.7 Å². The molecule has 1 aromatic rings. The van der Waals surface area contributed by atoms with Crippen LogP contribution in [0.15, 0.2) is 18.2 Å². The van der Waals surface area contributed by atoms with Crippen LogP contribution < -0.4 is 10.6 Å². The molecule has 0 spiro atoms. The molecule has 2 rings (SSSR count). The molecule has 0 radical (unpaired) electrons. The largest absolute Gasteiger partial charge is 0.481 e. The summed E-state index contributed by atoms with van der Waals surface area (Å²) in [6, 6.07) is 5.03. The second-order valence-electron chi connectivity index (χ2n) is 5.08. The summed E-state index contributed by atoms with van der Waals surface area (Å²) in [4.78, 5) is 10.6. The first-order valence-electron chi connectivity index (χ1n) is 6.71. The molecule has 0 saturated carbocycles. The molecular weight excluding hydrogens is 283 g/mol. The number of carboxylic acids is 1. The summed E-state index contributed by atoms with van der Waals surface area (Å²) in [5, 5.41) is 15.5. The molecule has 110 valence electrons. The predicted molar refractivity (Wildman–Crippen MR) is 76.7 cm³/mol. The third-order valence-electron chi connectivity index (χ3n) is 3.49. The number of hydrogen-bond acceptors (Lipinski definition) is 3. The van der Waals surface area contributed by atoms with E-state index in [2.05, 4.69) is 10.6 Å². The van der Waals surface area contributed by atoms with Crippen LogP contribution in [0.3, 0.4) is 0 Å². The fourth-order valence-corrected chi connectivity index (χ4v) is 2.66. The molecule has 0 aromatic heterocycles. The molecule has 1 aliphatic rings. The Morgan fingerprint density at radius 3 is 3.05 bits per heavy atom. The molecule has 20 heavy (non-hydrogen) atoms. The predicted octanol–water partition coefficient (Wildman–Crippen LogP) is 2.88. The summed E-state index contributed by atoms with van der Waals surface area (Å²) in [5.74, 6) is -1.20. The van der Waals surface area contributed by atoms with E-state index in [0.717, 1.165) is 25.1 Å². The van der Waals surface area contributed by atoms with Gasteiger partial charge in [0.15, 0.2) is 0 Å². The topological polar surface area (TPSA) is 61.4 Å². The maximum absolute atomic E-state index is 13.1. The maximum atomic E-state index is 13.1. The monoisotopic (exact) mass is 300 g/mol. The lowest BCUT2D eigenvalue weighted by molar-refractivity contribution is -0.137. The number of aliphatic carboxylic acids is 1. The van der Waals surface area contributed by atoms with E-state index in [1.807, 2.05) is 0 Å². The highest BCUT2D eigenvalue weighted by molar-refractivity contribution is 6.31. The zero-order chi connectivity index (χ0) is 14.5. The Bertz CT molecular complexity index is 484. The van der Waals surface area contributed by atoms with Crippen LogP contribution in [0.2, 0.25) is 5.02 Å². The van der Waals surface area contributed by atoms with Gasteiger partial charge in [0, 0.05) is 24.2 Å². The Labute approximate surface area is 122 Å². The van der Waals surface area contributed by atoms with E-state index in [1.165, 1.54) is 6.07 Å². The third kappa shape index (κ3) is 4.35. The molecule has 2 atom stereocenters. The van der Waals surface area contributed by atoms with Crippen molar-refractivity contribution in [2.45, 2.75) is 37.8 Å². The van der Waals surface area contributed by atoms with Crippen LogP contribution in [0, 0.1) is 5.82 Å². The summed E-state index contributed by atoms with van der Waals surface area (Å²) in [7, 11) is 0. The SMILES string of the molecule is O=C(O)CCC1CC(Nc2ccc(F)c(Cl)c2)CCN1. The lowest BCUT2D eigenvalue weighted by atomic mass is 9.96. The van der Waals surface area contributed by atoms with Crippen molar-refractivity contribution in [2.24, 2.45) is 0 Å². The number of carboxylic acid groups (broad SMARTS) is 1. The first kappa shape index (κ1) is 15.1. The zero-order valence-corrected chi connectivity index (χ0v) is 11.8. The Kier molecular flexibility index (Phi) is 5.20. The maximum Gasteiger partial charge on any atom is 0.303 e. The number of carbonyl (C=O) groups is 1. The second kappa shape index (κ2) is 6.90. The van der Waals surface area contributed by atoms with Gasteiger partial charge in [-0.1, -0.05) is 11.6 Å². The molecule has 0 amide bonds. The molecule has 1 saturated heterocycles. The Hall–Kier alpha value is -1.33. The molecule has 0 bridgehead atoms. The summed E-state index contributed by atoms with van der Waals surface area (Å²) in [6.07, 6.45) is 2.59. The van der Waals surface area contributed by atoms with Crippen molar-refractivity contribution in [1.82, 2.24) is 5.32 Å². The summed E-state index contributed by atoms with van der Waals surface area (Å²) in [6.45, 7) is 0.844. The van der Waals surface area contributed by atoms with E-state index in [0.29, 0.717) is 6.42 Å². The number of rotatable bonds is 5. The second-order valence-corrected chi connectivity index (χ2v) is 5.49. The quantitative estimate of drug-likeness (QED) is 0.782. The highest BCUT2D eigenvalue weighted by Crippen LogP contribution is 2.22. The Morgan fingerprint density at radius 2 is 2.35 bits per heavy atom. The number of hydrogen-bond donors (Lipinski definition) is 3. The minimum Gasteiger partial charge on any atom is -0.481 e. The minimum atomic E-state index is -0.771. The molecule has 1 aromatic carbocycles. The third-order valence-corrected chi connectivity index (χ3v) is 3.78. The average Bonchev–Trinajstić information content (AvgIpc) is 2.41.